The summed E-state index contributed by atoms with van der Waals surface area (Å²) in [6.07, 6.45) is -0.139. The van der Waals surface area contributed by atoms with Gasteiger partial charge in [-0.05, 0) is 13.8 Å². The molecular weight excluding hydrogens is 192 g/mol. The summed E-state index contributed by atoms with van der Waals surface area (Å²) in [6.45, 7) is 2.57. The smallest absolute Gasteiger partial charge is 0.329 e. The molecule has 0 aliphatic carbocycles. The second kappa shape index (κ2) is 5.56. The van der Waals surface area contributed by atoms with Gasteiger partial charge in [-0.3, -0.25) is 4.79 Å². The van der Waals surface area contributed by atoms with Crippen molar-refractivity contribution < 1.29 is 29.3 Å². The Hall–Kier alpha value is -1.14. The molecule has 0 fully saturated rings. The van der Waals surface area contributed by atoms with Crippen LogP contribution in [0.15, 0.2) is 0 Å². The van der Waals surface area contributed by atoms with Crippen LogP contribution in [-0.4, -0.2) is 41.2 Å². The van der Waals surface area contributed by atoms with Crippen LogP contribution in [0.25, 0.3) is 0 Å². The molecule has 82 valence electrons. The molecule has 6 nitrogen and oxygen atoms in total. The first-order chi connectivity index (χ1) is 6.33. The molecule has 6 heteroatoms. The molecule has 0 saturated carbocycles. The molecule has 0 spiro atoms. The summed E-state index contributed by atoms with van der Waals surface area (Å²) in [7, 11) is 0. The van der Waals surface area contributed by atoms with Crippen molar-refractivity contribution in [3.63, 3.8) is 0 Å². The average molecular weight is 206 g/mol. The number of aliphatic carboxylic acids is 2. The molecule has 2 N–H and O–H groups in total. The summed E-state index contributed by atoms with van der Waals surface area (Å²) in [4.78, 5) is 20.3. The Kier molecular flexibility index (Phi) is 5.11. The van der Waals surface area contributed by atoms with E-state index in [0.29, 0.717) is 0 Å². The van der Waals surface area contributed by atoms with Crippen molar-refractivity contribution in [1.29, 1.82) is 0 Å². The fourth-order valence-corrected chi connectivity index (χ4v) is 0.661. The molecule has 0 saturated heterocycles. The summed E-state index contributed by atoms with van der Waals surface area (Å²) < 4.78 is 9.88. The van der Waals surface area contributed by atoms with Crippen molar-refractivity contribution in [2.24, 2.45) is 0 Å². The predicted molar refractivity (Wildman–Crippen MR) is 45.9 cm³/mol. The van der Waals surface area contributed by atoms with Gasteiger partial charge in [0, 0.05) is 0 Å². The second-order valence-electron chi connectivity index (χ2n) is 3.07. The van der Waals surface area contributed by atoms with E-state index >= 15 is 0 Å². The monoisotopic (exact) mass is 206 g/mol. The Labute approximate surface area is 81.4 Å². The number of carboxylic acid groups (broad SMARTS) is 2. The van der Waals surface area contributed by atoms with E-state index in [4.69, 9.17) is 19.7 Å². The van der Waals surface area contributed by atoms with Gasteiger partial charge in [0.1, 0.15) is 6.61 Å². The number of carboxylic acids is 2. The van der Waals surface area contributed by atoms with E-state index in [0.717, 1.165) is 0 Å². The highest BCUT2D eigenvalue weighted by atomic mass is 16.7. The lowest BCUT2D eigenvalue weighted by Crippen LogP contribution is -2.31. The van der Waals surface area contributed by atoms with Gasteiger partial charge in [0.25, 0.3) is 0 Å². The first kappa shape index (κ1) is 12.9. The van der Waals surface area contributed by atoms with Gasteiger partial charge >= 0.3 is 11.9 Å². The summed E-state index contributed by atoms with van der Waals surface area (Å²) in [6, 6.07) is 0. The number of carbonyl (C=O) groups is 2. The third kappa shape index (κ3) is 7.51. The largest absolute Gasteiger partial charge is 0.481 e. The van der Waals surface area contributed by atoms with E-state index in [1.807, 2.05) is 0 Å². The molecular formula is C8H14O6. The molecule has 14 heavy (non-hydrogen) atoms. The lowest BCUT2D eigenvalue weighted by Gasteiger charge is -2.24. The van der Waals surface area contributed by atoms with Gasteiger partial charge in [0.05, 0.1) is 13.0 Å². The second-order valence-corrected chi connectivity index (χ2v) is 3.07. The maximum Gasteiger partial charge on any atom is 0.329 e. The molecule has 0 atom stereocenters. The van der Waals surface area contributed by atoms with E-state index in [1.54, 1.807) is 0 Å². The van der Waals surface area contributed by atoms with Crippen LogP contribution in [-0.2, 0) is 19.1 Å². The SMILES string of the molecule is CC(C)(OCCC(=O)O)OCC(=O)O. The molecule has 0 radical (unpaired) electrons. The van der Waals surface area contributed by atoms with Crippen LogP contribution in [0.2, 0.25) is 0 Å². The van der Waals surface area contributed by atoms with Crippen LogP contribution in [0, 0.1) is 0 Å². The zero-order valence-corrected chi connectivity index (χ0v) is 8.15. The van der Waals surface area contributed by atoms with Gasteiger partial charge in [-0.1, -0.05) is 0 Å². The van der Waals surface area contributed by atoms with Crippen LogP contribution in [0.4, 0.5) is 0 Å². The number of hydrogen-bond acceptors (Lipinski definition) is 4. The lowest BCUT2D eigenvalue weighted by molar-refractivity contribution is -0.218. The summed E-state index contributed by atoms with van der Waals surface area (Å²) in [5, 5.41) is 16.6. The summed E-state index contributed by atoms with van der Waals surface area (Å²) in [5.74, 6) is -3.15. The Morgan fingerprint density at radius 3 is 2.14 bits per heavy atom. The minimum Gasteiger partial charge on any atom is -0.481 e. The maximum absolute atomic E-state index is 10.2. The van der Waals surface area contributed by atoms with Crippen LogP contribution in [0.1, 0.15) is 20.3 Å². The highest BCUT2D eigenvalue weighted by molar-refractivity contribution is 5.68. The maximum atomic E-state index is 10.2. The van der Waals surface area contributed by atoms with Crippen LogP contribution in [0.5, 0.6) is 0 Å². The third-order valence-corrected chi connectivity index (χ3v) is 1.31. The summed E-state index contributed by atoms with van der Waals surface area (Å²) >= 11 is 0. The lowest BCUT2D eigenvalue weighted by atomic mass is 10.3. The molecule has 0 aromatic heterocycles. The zero-order chi connectivity index (χ0) is 11.2. The van der Waals surface area contributed by atoms with Crippen molar-refractivity contribution in [3.8, 4) is 0 Å². The Morgan fingerprint density at radius 1 is 1.14 bits per heavy atom. The fraction of sp³-hybridized carbons (Fsp3) is 0.750. The van der Waals surface area contributed by atoms with E-state index in [-0.39, 0.29) is 13.0 Å². The third-order valence-electron chi connectivity index (χ3n) is 1.31. The van der Waals surface area contributed by atoms with Crippen molar-refractivity contribution in [1.82, 2.24) is 0 Å². The minimum absolute atomic E-state index is 0.0120. The average Bonchev–Trinajstić information content (AvgIpc) is 2.00. The van der Waals surface area contributed by atoms with Gasteiger partial charge in [-0.2, -0.15) is 0 Å². The van der Waals surface area contributed by atoms with E-state index in [2.05, 4.69) is 0 Å². The Balaban J connectivity index is 3.71. The molecule has 0 unspecified atom stereocenters. The first-order valence-electron chi connectivity index (χ1n) is 4.05. The van der Waals surface area contributed by atoms with Gasteiger partial charge < -0.3 is 19.7 Å². The molecule has 0 amide bonds. The Bertz CT molecular complexity index is 210. The van der Waals surface area contributed by atoms with Crippen molar-refractivity contribution >= 4 is 11.9 Å². The number of hydrogen-bond donors (Lipinski definition) is 2. The zero-order valence-electron chi connectivity index (χ0n) is 8.15. The first-order valence-corrected chi connectivity index (χ1v) is 4.05. The van der Waals surface area contributed by atoms with E-state index in [9.17, 15) is 9.59 Å². The van der Waals surface area contributed by atoms with E-state index in [1.165, 1.54) is 13.8 Å². The molecule has 0 aromatic carbocycles. The molecule has 0 heterocycles. The summed E-state index contributed by atoms with van der Waals surface area (Å²) in [5.41, 5.74) is 0. The molecule has 0 bridgehead atoms. The number of rotatable bonds is 7. The molecule has 0 rings (SSSR count). The van der Waals surface area contributed by atoms with Gasteiger partial charge in [0.15, 0.2) is 5.79 Å². The van der Waals surface area contributed by atoms with Crippen molar-refractivity contribution in [2.75, 3.05) is 13.2 Å². The minimum atomic E-state index is -1.10. The molecule has 0 aliphatic rings. The van der Waals surface area contributed by atoms with Gasteiger partial charge in [-0.15, -0.1) is 0 Å². The Morgan fingerprint density at radius 2 is 1.71 bits per heavy atom. The molecule has 0 aromatic rings. The van der Waals surface area contributed by atoms with Crippen LogP contribution < -0.4 is 0 Å². The normalized spacial score (nSPS) is 11.3. The van der Waals surface area contributed by atoms with Crippen molar-refractivity contribution in [2.45, 2.75) is 26.1 Å². The van der Waals surface area contributed by atoms with Gasteiger partial charge in [-0.25, -0.2) is 4.79 Å². The highest BCUT2D eigenvalue weighted by Gasteiger charge is 2.20. The quantitative estimate of drug-likeness (QED) is 0.582. The van der Waals surface area contributed by atoms with Crippen LogP contribution in [0.3, 0.4) is 0 Å². The highest BCUT2D eigenvalue weighted by Crippen LogP contribution is 2.11. The van der Waals surface area contributed by atoms with Crippen LogP contribution >= 0.6 is 0 Å². The van der Waals surface area contributed by atoms with E-state index < -0.39 is 24.3 Å². The fourth-order valence-electron chi connectivity index (χ4n) is 0.661. The standard InChI is InChI=1S/C8H14O6/c1-8(2,14-5-7(11)12)13-4-3-6(9)10/h3-5H2,1-2H3,(H,9,10)(H,11,12). The topological polar surface area (TPSA) is 93.1 Å². The van der Waals surface area contributed by atoms with Gasteiger partial charge in [0.2, 0.25) is 0 Å². The number of ether oxygens (including phenoxy) is 2. The van der Waals surface area contributed by atoms with Crippen molar-refractivity contribution in [3.05, 3.63) is 0 Å². The molecule has 0 aliphatic heterocycles. The predicted octanol–water partition coefficient (Wildman–Crippen LogP) is 0.315.